The molecule has 4 aromatic rings. The normalized spacial score (nSPS) is 11.4. The van der Waals surface area contributed by atoms with E-state index in [0.29, 0.717) is 16.5 Å². The van der Waals surface area contributed by atoms with Gasteiger partial charge in [0, 0.05) is 23.8 Å². The lowest BCUT2D eigenvalue weighted by atomic mass is 10.3. The number of nitrogens with zero attached hydrogens (tertiary/aromatic N) is 4. The van der Waals surface area contributed by atoms with E-state index < -0.39 is 5.97 Å². The van der Waals surface area contributed by atoms with Crippen molar-refractivity contribution >= 4 is 39.9 Å². The number of aromatic nitrogens is 4. The van der Waals surface area contributed by atoms with Crippen molar-refractivity contribution in [1.82, 2.24) is 19.2 Å². The van der Waals surface area contributed by atoms with Gasteiger partial charge in [-0.25, -0.2) is 14.5 Å². The first-order chi connectivity index (χ1) is 12.7. The Balaban J connectivity index is 1.39. The second kappa shape index (κ2) is 7.15. The minimum absolute atomic E-state index is 0.0943. The van der Waals surface area contributed by atoms with Crippen LogP contribution in [0.1, 0.15) is 11.4 Å². The predicted octanol–water partition coefficient (Wildman–Crippen LogP) is 3.99. The van der Waals surface area contributed by atoms with Gasteiger partial charge >= 0.3 is 5.97 Å². The first kappa shape index (κ1) is 16.6. The molecule has 1 aromatic carbocycles. The zero-order valence-electron chi connectivity index (χ0n) is 13.4. The molecule has 0 bridgehead atoms. The molecule has 0 N–H and O–H groups in total. The number of rotatable bonds is 5. The number of carbonyl (C=O) groups is 1. The number of hydrogen-bond acceptors (Lipinski definition) is 5. The van der Waals surface area contributed by atoms with E-state index in [2.05, 4.69) is 10.1 Å². The highest BCUT2D eigenvalue weighted by atomic mass is 35.5. The molecule has 130 valence electrons. The van der Waals surface area contributed by atoms with Crippen LogP contribution in [0.15, 0.2) is 60.2 Å². The molecule has 0 unspecified atom stereocenters. The Morgan fingerprint density at radius 1 is 1.23 bits per heavy atom. The number of para-hydroxylation sites is 1. The molecule has 3 aromatic heterocycles. The van der Waals surface area contributed by atoms with E-state index in [1.165, 1.54) is 17.4 Å². The maximum absolute atomic E-state index is 12.0. The number of halogens is 1. The molecule has 26 heavy (non-hydrogen) atoms. The van der Waals surface area contributed by atoms with Crippen LogP contribution in [0, 0.1) is 0 Å². The second-order valence-electron chi connectivity index (χ2n) is 5.37. The molecule has 8 heteroatoms. The van der Waals surface area contributed by atoms with Gasteiger partial charge in [0.15, 0.2) is 10.1 Å². The SMILES string of the molecule is O=C(/C=C/c1c(Cl)nc2sccn12)OCc1ccn(-c2ccccc2)n1. The van der Waals surface area contributed by atoms with E-state index in [0.717, 1.165) is 10.6 Å². The van der Waals surface area contributed by atoms with Crippen LogP contribution in [-0.2, 0) is 16.1 Å². The zero-order chi connectivity index (χ0) is 17.9. The van der Waals surface area contributed by atoms with Gasteiger partial charge in [0.05, 0.1) is 11.4 Å². The molecule has 0 saturated heterocycles. The Hall–Kier alpha value is -2.90. The summed E-state index contributed by atoms with van der Waals surface area (Å²) >= 11 is 7.56. The summed E-state index contributed by atoms with van der Waals surface area (Å²) in [6.45, 7) is 0.0943. The summed E-state index contributed by atoms with van der Waals surface area (Å²) in [4.78, 5) is 16.9. The minimum atomic E-state index is -0.472. The van der Waals surface area contributed by atoms with Gasteiger partial charge in [-0.05, 0) is 24.3 Å². The van der Waals surface area contributed by atoms with Crippen LogP contribution in [0.2, 0.25) is 5.15 Å². The number of carbonyl (C=O) groups excluding carboxylic acids is 1. The van der Waals surface area contributed by atoms with Gasteiger partial charge in [0.2, 0.25) is 0 Å². The summed E-state index contributed by atoms with van der Waals surface area (Å²) in [6.07, 6.45) is 6.61. The number of hydrogen-bond donors (Lipinski definition) is 0. The molecule has 0 aliphatic rings. The lowest BCUT2D eigenvalue weighted by molar-refractivity contribution is -0.139. The van der Waals surface area contributed by atoms with Crippen molar-refractivity contribution in [3.8, 4) is 5.69 Å². The first-order valence-corrected chi connectivity index (χ1v) is 9.02. The quantitative estimate of drug-likeness (QED) is 0.385. The number of thiazole rings is 1. The summed E-state index contributed by atoms with van der Waals surface area (Å²) in [5, 5.41) is 6.64. The summed E-state index contributed by atoms with van der Waals surface area (Å²) < 4.78 is 8.79. The van der Waals surface area contributed by atoms with Gasteiger partial charge in [-0.2, -0.15) is 5.10 Å². The lowest BCUT2D eigenvalue weighted by Gasteiger charge is -2.01. The van der Waals surface area contributed by atoms with Crippen molar-refractivity contribution in [3.05, 3.63) is 76.8 Å². The van der Waals surface area contributed by atoms with Gasteiger partial charge in [0.25, 0.3) is 0 Å². The Kier molecular flexibility index (Phi) is 4.55. The average molecular weight is 385 g/mol. The molecule has 0 atom stereocenters. The molecular weight excluding hydrogens is 372 g/mol. The number of benzene rings is 1. The second-order valence-corrected chi connectivity index (χ2v) is 6.60. The van der Waals surface area contributed by atoms with Crippen molar-refractivity contribution < 1.29 is 9.53 Å². The van der Waals surface area contributed by atoms with E-state index in [-0.39, 0.29) is 6.61 Å². The molecule has 4 rings (SSSR count). The number of fused-ring (bicyclic) bond motifs is 1. The van der Waals surface area contributed by atoms with E-state index in [1.807, 2.05) is 58.6 Å². The Morgan fingerprint density at radius 3 is 2.92 bits per heavy atom. The maximum Gasteiger partial charge on any atom is 0.331 e. The smallest absolute Gasteiger partial charge is 0.331 e. The van der Waals surface area contributed by atoms with Crippen molar-refractivity contribution in [2.45, 2.75) is 6.61 Å². The molecule has 0 saturated carbocycles. The topological polar surface area (TPSA) is 61.4 Å². The average Bonchev–Trinajstić information content (AvgIpc) is 3.36. The van der Waals surface area contributed by atoms with Gasteiger partial charge in [-0.15, -0.1) is 11.3 Å². The fourth-order valence-corrected chi connectivity index (χ4v) is 3.43. The summed E-state index contributed by atoms with van der Waals surface area (Å²) in [5.74, 6) is -0.472. The fourth-order valence-electron chi connectivity index (χ4n) is 2.43. The lowest BCUT2D eigenvalue weighted by Crippen LogP contribution is -2.02. The van der Waals surface area contributed by atoms with E-state index in [4.69, 9.17) is 16.3 Å². The molecule has 0 fully saturated rings. The zero-order valence-corrected chi connectivity index (χ0v) is 15.0. The van der Waals surface area contributed by atoms with Crippen LogP contribution in [-0.4, -0.2) is 25.1 Å². The van der Waals surface area contributed by atoms with Crippen LogP contribution >= 0.6 is 22.9 Å². The van der Waals surface area contributed by atoms with Gasteiger partial charge < -0.3 is 4.74 Å². The molecule has 0 spiro atoms. The highest BCUT2D eigenvalue weighted by Gasteiger charge is 2.09. The van der Waals surface area contributed by atoms with Crippen LogP contribution in [0.25, 0.3) is 16.7 Å². The maximum atomic E-state index is 12.0. The Morgan fingerprint density at radius 2 is 2.08 bits per heavy atom. The third kappa shape index (κ3) is 3.40. The molecule has 0 amide bonds. The first-order valence-electron chi connectivity index (χ1n) is 7.76. The molecule has 6 nitrogen and oxygen atoms in total. The Bertz CT molecular complexity index is 1080. The Labute approximate surface area is 157 Å². The van der Waals surface area contributed by atoms with E-state index in [1.54, 1.807) is 10.8 Å². The molecule has 3 heterocycles. The largest absolute Gasteiger partial charge is 0.456 e. The highest BCUT2D eigenvalue weighted by molar-refractivity contribution is 7.15. The summed E-state index contributed by atoms with van der Waals surface area (Å²) in [5.41, 5.74) is 2.26. The van der Waals surface area contributed by atoms with E-state index in [9.17, 15) is 4.79 Å². The van der Waals surface area contributed by atoms with Crippen LogP contribution < -0.4 is 0 Å². The number of esters is 1. The molecular formula is C18H13ClN4O2S. The number of ether oxygens (including phenoxy) is 1. The fraction of sp³-hybridized carbons (Fsp3) is 0.0556. The van der Waals surface area contributed by atoms with E-state index >= 15 is 0 Å². The van der Waals surface area contributed by atoms with Crippen molar-refractivity contribution in [2.24, 2.45) is 0 Å². The van der Waals surface area contributed by atoms with Crippen molar-refractivity contribution in [2.75, 3.05) is 0 Å². The summed E-state index contributed by atoms with van der Waals surface area (Å²) in [6, 6.07) is 11.5. The minimum Gasteiger partial charge on any atom is -0.456 e. The van der Waals surface area contributed by atoms with Crippen LogP contribution in [0.5, 0.6) is 0 Å². The molecule has 0 aliphatic heterocycles. The van der Waals surface area contributed by atoms with Crippen LogP contribution in [0.4, 0.5) is 0 Å². The van der Waals surface area contributed by atoms with Crippen LogP contribution in [0.3, 0.4) is 0 Å². The monoisotopic (exact) mass is 384 g/mol. The van der Waals surface area contributed by atoms with Crippen molar-refractivity contribution in [3.63, 3.8) is 0 Å². The van der Waals surface area contributed by atoms with Gasteiger partial charge in [0.1, 0.15) is 12.3 Å². The standard InChI is InChI=1S/C18H13ClN4O2S/c19-17-15(22-10-11-26-18(22)20-17)6-7-16(24)25-12-13-8-9-23(21-13)14-4-2-1-3-5-14/h1-11H,12H2/b7-6+. The highest BCUT2D eigenvalue weighted by Crippen LogP contribution is 2.22. The van der Waals surface area contributed by atoms with Crippen molar-refractivity contribution in [1.29, 1.82) is 0 Å². The third-order valence-electron chi connectivity index (χ3n) is 3.66. The molecule has 0 aliphatic carbocycles. The summed E-state index contributed by atoms with van der Waals surface area (Å²) in [7, 11) is 0. The predicted molar refractivity (Wildman–Crippen MR) is 100 cm³/mol. The number of imidazole rings is 1. The van der Waals surface area contributed by atoms with Gasteiger partial charge in [-0.3, -0.25) is 4.40 Å². The third-order valence-corrected chi connectivity index (χ3v) is 4.69. The van der Waals surface area contributed by atoms with Gasteiger partial charge in [-0.1, -0.05) is 29.8 Å². The molecule has 0 radical (unpaired) electrons.